The average molecular weight is 348 g/mol. The van der Waals surface area contributed by atoms with Crippen LogP contribution in [0.4, 0.5) is 0 Å². The molecular weight excluding hydrogens is 326 g/mol. The fourth-order valence-corrected chi connectivity index (χ4v) is 3.20. The Morgan fingerprint density at radius 3 is 3.00 bits per heavy atom. The smallest absolute Gasteiger partial charge is 0.276 e. The number of nitrogens with one attached hydrogen (secondary N) is 1. The number of piperazine rings is 1. The number of hydrogen-bond acceptors (Lipinski definition) is 4. The van der Waals surface area contributed by atoms with Crippen LogP contribution in [0.5, 0.6) is 0 Å². The van der Waals surface area contributed by atoms with Crippen LogP contribution in [0.25, 0.3) is 5.69 Å². The fraction of sp³-hybridized carbons (Fsp3) is 0.471. The second kappa shape index (κ2) is 7.32. The van der Waals surface area contributed by atoms with Gasteiger partial charge in [0.1, 0.15) is 0 Å². The molecule has 1 saturated heterocycles. The molecular formula is C17H22ClN5O. The molecule has 0 bridgehead atoms. The first kappa shape index (κ1) is 16.9. The Bertz CT molecular complexity index is 730. The molecule has 128 valence electrons. The van der Waals surface area contributed by atoms with Crippen molar-refractivity contribution in [2.45, 2.75) is 32.7 Å². The number of carbonyl (C=O) groups is 1. The molecule has 1 fully saturated rings. The third kappa shape index (κ3) is 3.44. The molecule has 1 aromatic carbocycles. The van der Waals surface area contributed by atoms with Crippen molar-refractivity contribution in [1.29, 1.82) is 0 Å². The van der Waals surface area contributed by atoms with E-state index >= 15 is 0 Å². The van der Waals surface area contributed by atoms with Gasteiger partial charge in [-0.3, -0.25) is 4.79 Å². The summed E-state index contributed by atoms with van der Waals surface area (Å²) < 4.78 is 1.73. The van der Waals surface area contributed by atoms with Gasteiger partial charge in [-0.2, -0.15) is 0 Å². The topological polar surface area (TPSA) is 63.1 Å². The van der Waals surface area contributed by atoms with Gasteiger partial charge < -0.3 is 10.2 Å². The summed E-state index contributed by atoms with van der Waals surface area (Å²) in [5.74, 6) is -0.0416. The predicted octanol–water partition coefficient (Wildman–Crippen LogP) is 2.31. The van der Waals surface area contributed by atoms with E-state index in [0.717, 1.165) is 30.8 Å². The van der Waals surface area contributed by atoms with Crippen LogP contribution in [-0.4, -0.2) is 51.5 Å². The summed E-state index contributed by atoms with van der Waals surface area (Å²) in [5.41, 5.74) is 2.12. The monoisotopic (exact) mass is 347 g/mol. The predicted molar refractivity (Wildman–Crippen MR) is 93.7 cm³/mol. The summed E-state index contributed by atoms with van der Waals surface area (Å²) in [6.45, 7) is 6.34. The molecule has 1 amide bonds. The van der Waals surface area contributed by atoms with Crippen molar-refractivity contribution in [2.75, 3.05) is 19.6 Å². The van der Waals surface area contributed by atoms with Gasteiger partial charge in [0.05, 0.1) is 11.4 Å². The van der Waals surface area contributed by atoms with Crippen LogP contribution in [0.1, 0.15) is 36.5 Å². The van der Waals surface area contributed by atoms with Crippen molar-refractivity contribution in [1.82, 2.24) is 25.2 Å². The molecule has 1 N–H and O–H groups in total. The van der Waals surface area contributed by atoms with Crippen molar-refractivity contribution in [3.63, 3.8) is 0 Å². The van der Waals surface area contributed by atoms with E-state index in [1.165, 1.54) is 0 Å². The molecule has 2 aromatic rings. The highest BCUT2D eigenvalue weighted by atomic mass is 35.5. The number of benzene rings is 1. The van der Waals surface area contributed by atoms with Gasteiger partial charge >= 0.3 is 0 Å². The maximum absolute atomic E-state index is 12.9. The second-order valence-electron chi connectivity index (χ2n) is 6.13. The van der Waals surface area contributed by atoms with E-state index in [1.807, 2.05) is 29.2 Å². The Kier molecular flexibility index (Phi) is 5.16. The molecule has 6 nitrogen and oxygen atoms in total. The molecule has 0 spiro atoms. The van der Waals surface area contributed by atoms with Gasteiger partial charge in [-0.1, -0.05) is 36.2 Å². The zero-order valence-electron chi connectivity index (χ0n) is 14.0. The lowest BCUT2D eigenvalue weighted by atomic mass is 10.1. The highest BCUT2D eigenvalue weighted by Crippen LogP contribution is 2.19. The Labute approximate surface area is 146 Å². The molecule has 1 aliphatic heterocycles. The lowest BCUT2D eigenvalue weighted by molar-refractivity contribution is 0.0702. The van der Waals surface area contributed by atoms with Gasteiger partial charge in [-0.25, -0.2) is 4.68 Å². The largest absolute Gasteiger partial charge is 0.334 e. The normalized spacial score (nSPS) is 18.0. The molecule has 1 aromatic heterocycles. The first-order valence-electron chi connectivity index (χ1n) is 8.33. The third-order valence-electron chi connectivity index (χ3n) is 4.16. The Morgan fingerprint density at radius 1 is 1.46 bits per heavy atom. The highest BCUT2D eigenvalue weighted by Gasteiger charge is 2.27. The number of hydrogen-bond donors (Lipinski definition) is 1. The zero-order valence-corrected chi connectivity index (χ0v) is 14.8. The molecule has 24 heavy (non-hydrogen) atoms. The number of halogens is 1. The Balaban J connectivity index is 1.95. The molecule has 1 atom stereocenters. The van der Waals surface area contributed by atoms with Crippen LogP contribution < -0.4 is 5.32 Å². The SMILES string of the molecule is CCCc1c(C(=O)N2CCNC(C)C2)nnn1-c1cccc(Cl)c1. The molecule has 2 heterocycles. The molecule has 1 unspecified atom stereocenters. The van der Waals surface area contributed by atoms with Gasteiger partial charge in [0.2, 0.25) is 0 Å². The number of rotatable bonds is 4. The van der Waals surface area contributed by atoms with E-state index < -0.39 is 0 Å². The van der Waals surface area contributed by atoms with Crippen LogP contribution in [0, 0.1) is 0 Å². The van der Waals surface area contributed by atoms with E-state index in [4.69, 9.17) is 11.6 Å². The molecule has 7 heteroatoms. The number of nitrogens with zero attached hydrogens (tertiary/aromatic N) is 4. The quantitative estimate of drug-likeness (QED) is 0.921. The maximum Gasteiger partial charge on any atom is 0.276 e. The lowest BCUT2D eigenvalue weighted by Gasteiger charge is -2.31. The van der Waals surface area contributed by atoms with Gasteiger partial charge in [-0.15, -0.1) is 5.10 Å². The first-order chi connectivity index (χ1) is 11.6. The minimum atomic E-state index is -0.0416. The van der Waals surface area contributed by atoms with Crippen molar-refractivity contribution in [3.8, 4) is 5.69 Å². The number of aromatic nitrogens is 3. The lowest BCUT2D eigenvalue weighted by Crippen LogP contribution is -2.51. The summed E-state index contributed by atoms with van der Waals surface area (Å²) in [5, 5.41) is 12.4. The van der Waals surface area contributed by atoms with Gasteiger partial charge in [0.15, 0.2) is 5.69 Å². The minimum Gasteiger partial charge on any atom is -0.334 e. The number of amides is 1. The van der Waals surface area contributed by atoms with E-state index in [-0.39, 0.29) is 5.91 Å². The summed E-state index contributed by atoms with van der Waals surface area (Å²) in [6, 6.07) is 7.72. The van der Waals surface area contributed by atoms with Crippen LogP contribution in [-0.2, 0) is 6.42 Å². The van der Waals surface area contributed by atoms with Crippen LogP contribution >= 0.6 is 11.6 Å². The Hall–Kier alpha value is -1.92. The summed E-state index contributed by atoms with van der Waals surface area (Å²) in [6.07, 6.45) is 1.65. The van der Waals surface area contributed by atoms with Crippen molar-refractivity contribution < 1.29 is 4.79 Å². The van der Waals surface area contributed by atoms with Crippen LogP contribution in [0.15, 0.2) is 24.3 Å². The van der Waals surface area contributed by atoms with E-state index in [0.29, 0.717) is 29.8 Å². The standard InChI is InChI=1S/C17H22ClN5O/c1-3-5-15-16(17(24)22-9-8-19-12(2)11-22)20-21-23(15)14-7-4-6-13(18)10-14/h4,6-7,10,12,19H,3,5,8-9,11H2,1-2H3. The molecule has 0 radical (unpaired) electrons. The van der Waals surface area contributed by atoms with E-state index in [2.05, 4.69) is 29.5 Å². The second-order valence-corrected chi connectivity index (χ2v) is 6.57. The number of carbonyl (C=O) groups excluding carboxylic acids is 1. The van der Waals surface area contributed by atoms with Crippen LogP contribution in [0.2, 0.25) is 5.02 Å². The molecule has 0 saturated carbocycles. The van der Waals surface area contributed by atoms with Gasteiger partial charge in [0, 0.05) is 30.7 Å². The Morgan fingerprint density at radius 2 is 2.29 bits per heavy atom. The van der Waals surface area contributed by atoms with Gasteiger partial charge in [0.25, 0.3) is 5.91 Å². The van der Waals surface area contributed by atoms with Gasteiger partial charge in [-0.05, 0) is 31.5 Å². The third-order valence-corrected chi connectivity index (χ3v) is 4.40. The van der Waals surface area contributed by atoms with Crippen molar-refractivity contribution >= 4 is 17.5 Å². The van der Waals surface area contributed by atoms with E-state index in [9.17, 15) is 4.79 Å². The van der Waals surface area contributed by atoms with Crippen molar-refractivity contribution in [2.24, 2.45) is 0 Å². The van der Waals surface area contributed by atoms with Crippen LogP contribution in [0.3, 0.4) is 0 Å². The van der Waals surface area contributed by atoms with E-state index in [1.54, 1.807) is 4.68 Å². The molecule has 3 rings (SSSR count). The minimum absolute atomic E-state index is 0.0416. The zero-order chi connectivity index (χ0) is 17.1. The molecule has 1 aliphatic rings. The highest BCUT2D eigenvalue weighted by molar-refractivity contribution is 6.30. The van der Waals surface area contributed by atoms with Crippen molar-refractivity contribution in [3.05, 3.63) is 40.7 Å². The first-order valence-corrected chi connectivity index (χ1v) is 8.71. The maximum atomic E-state index is 12.9. The summed E-state index contributed by atoms with van der Waals surface area (Å²) in [7, 11) is 0. The summed E-state index contributed by atoms with van der Waals surface area (Å²) in [4.78, 5) is 14.8. The fourth-order valence-electron chi connectivity index (χ4n) is 3.01. The average Bonchev–Trinajstić information content (AvgIpc) is 2.98. The summed E-state index contributed by atoms with van der Waals surface area (Å²) >= 11 is 6.09. The molecule has 0 aliphatic carbocycles.